The van der Waals surface area contributed by atoms with Crippen LogP contribution in [0.2, 0.25) is 0 Å². The summed E-state index contributed by atoms with van der Waals surface area (Å²) in [5.41, 5.74) is 9.33. The smallest absolute Gasteiger partial charge is 0.0486 e. The van der Waals surface area contributed by atoms with Gasteiger partial charge in [-0.1, -0.05) is 67.3 Å². The Bertz CT molecular complexity index is 882. The van der Waals surface area contributed by atoms with E-state index in [9.17, 15) is 0 Å². The quantitative estimate of drug-likeness (QED) is 0.393. The van der Waals surface area contributed by atoms with E-state index in [-0.39, 0.29) is 0 Å². The van der Waals surface area contributed by atoms with Gasteiger partial charge < -0.3 is 10.3 Å². The van der Waals surface area contributed by atoms with E-state index in [0.29, 0.717) is 12.1 Å². The van der Waals surface area contributed by atoms with Crippen molar-refractivity contribution in [3.8, 4) is 0 Å². The Morgan fingerprint density at radius 1 is 0.879 bits per heavy atom. The zero-order valence-electron chi connectivity index (χ0n) is 20.6. The summed E-state index contributed by atoms with van der Waals surface area (Å²) in [6.07, 6.45) is 26.2. The highest BCUT2D eigenvalue weighted by Gasteiger charge is 2.29. The molecule has 2 aromatic rings. The average Bonchev–Trinajstić information content (AvgIpc) is 3.22. The minimum atomic E-state index is 0.473. The van der Waals surface area contributed by atoms with Crippen molar-refractivity contribution in [3.05, 3.63) is 34.4 Å². The van der Waals surface area contributed by atoms with Crippen LogP contribution in [-0.4, -0.2) is 10.6 Å². The number of hydrogen-bond acceptors (Lipinski definition) is 1. The van der Waals surface area contributed by atoms with Crippen molar-refractivity contribution >= 4 is 26.8 Å². The minimum absolute atomic E-state index is 0.473. The van der Waals surface area contributed by atoms with E-state index in [2.05, 4.69) is 44.9 Å². The van der Waals surface area contributed by atoms with E-state index in [4.69, 9.17) is 5.73 Å². The second-order valence-corrected chi connectivity index (χ2v) is 12.6. The SMILES string of the molecule is NC1CCC(CCCC(c2cn(C3CCCCC3)c3ccc(Br)cc23)C2CCCCC2)CC1. The lowest BCUT2D eigenvalue weighted by Crippen LogP contribution is -2.26. The van der Waals surface area contributed by atoms with Crippen molar-refractivity contribution in [2.75, 3.05) is 0 Å². The number of nitrogens with two attached hydrogens (primary N) is 1. The Morgan fingerprint density at radius 2 is 1.58 bits per heavy atom. The molecule has 1 atom stereocenters. The van der Waals surface area contributed by atoms with Crippen molar-refractivity contribution in [1.29, 1.82) is 0 Å². The predicted octanol–water partition coefficient (Wildman–Crippen LogP) is 9.26. The number of rotatable bonds is 7. The van der Waals surface area contributed by atoms with Crippen LogP contribution in [0, 0.1) is 11.8 Å². The van der Waals surface area contributed by atoms with Crippen molar-refractivity contribution in [3.63, 3.8) is 0 Å². The van der Waals surface area contributed by atoms with Gasteiger partial charge in [0.2, 0.25) is 0 Å². The number of fused-ring (bicyclic) bond motifs is 1. The molecular weight excluding hydrogens is 468 g/mol. The third-order valence-corrected chi connectivity index (χ3v) is 9.92. The molecule has 2 N–H and O–H groups in total. The predicted molar refractivity (Wildman–Crippen MR) is 145 cm³/mol. The maximum atomic E-state index is 6.17. The molecule has 3 aliphatic rings. The maximum absolute atomic E-state index is 6.17. The Hall–Kier alpha value is -0.800. The average molecular weight is 514 g/mol. The minimum Gasteiger partial charge on any atom is -0.344 e. The fourth-order valence-electron chi connectivity index (χ4n) is 7.50. The van der Waals surface area contributed by atoms with Crippen LogP contribution in [0.4, 0.5) is 0 Å². The molecule has 2 nitrogen and oxygen atoms in total. The Balaban J connectivity index is 1.41. The van der Waals surface area contributed by atoms with Gasteiger partial charge in [-0.05, 0) is 99.3 Å². The maximum Gasteiger partial charge on any atom is 0.0486 e. The number of hydrogen-bond donors (Lipinski definition) is 1. The monoisotopic (exact) mass is 512 g/mol. The molecule has 3 fully saturated rings. The molecular formula is C30H45BrN2. The first-order chi connectivity index (χ1) is 16.2. The van der Waals surface area contributed by atoms with Gasteiger partial charge in [0.05, 0.1) is 0 Å². The fourth-order valence-corrected chi connectivity index (χ4v) is 7.86. The lowest BCUT2D eigenvalue weighted by molar-refractivity contribution is 0.269. The highest BCUT2D eigenvalue weighted by atomic mass is 79.9. The van der Waals surface area contributed by atoms with Crippen LogP contribution < -0.4 is 5.73 Å². The summed E-state index contributed by atoms with van der Waals surface area (Å²) in [7, 11) is 0. The van der Waals surface area contributed by atoms with Gasteiger partial charge in [-0.3, -0.25) is 0 Å². The van der Waals surface area contributed by atoms with Crippen LogP contribution in [-0.2, 0) is 0 Å². The van der Waals surface area contributed by atoms with Gasteiger partial charge in [-0.25, -0.2) is 0 Å². The van der Waals surface area contributed by atoms with E-state index in [0.717, 1.165) is 17.8 Å². The highest BCUT2D eigenvalue weighted by molar-refractivity contribution is 9.10. The van der Waals surface area contributed by atoms with Crippen LogP contribution in [0.15, 0.2) is 28.9 Å². The molecule has 182 valence electrons. The van der Waals surface area contributed by atoms with Gasteiger partial charge >= 0.3 is 0 Å². The van der Waals surface area contributed by atoms with E-state index in [1.54, 1.807) is 5.56 Å². The third kappa shape index (κ3) is 5.72. The molecule has 1 aromatic carbocycles. The summed E-state index contributed by atoms with van der Waals surface area (Å²) < 4.78 is 3.94. The molecule has 1 heterocycles. The summed E-state index contributed by atoms with van der Waals surface area (Å²) in [4.78, 5) is 0. The molecule has 33 heavy (non-hydrogen) atoms. The van der Waals surface area contributed by atoms with Crippen molar-refractivity contribution in [2.45, 2.75) is 127 Å². The van der Waals surface area contributed by atoms with Gasteiger partial charge in [0.15, 0.2) is 0 Å². The lowest BCUT2D eigenvalue weighted by atomic mass is 9.74. The number of benzene rings is 1. The standard InChI is InChI=1S/C30H45BrN2/c31-24-16-19-30-28(20-24)29(21-33(30)26-11-5-2-6-12-26)27(23-9-3-1-4-10-23)13-7-8-22-14-17-25(32)18-15-22/h16,19-23,25-27H,1-15,17-18,32H2. The Labute approximate surface area is 210 Å². The van der Waals surface area contributed by atoms with E-state index >= 15 is 0 Å². The molecule has 3 saturated carbocycles. The number of halogens is 1. The molecule has 0 bridgehead atoms. The molecule has 0 spiro atoms. The molecule has 0 aliphatic heterocycles. The fraction of sp³-hybridized carbons (Fsp3) is 0.733. The first-order valence-electron chi connectivity index (χ1n) is 14.2. The lowest BCUT2D eigenvalue weighted by Gasteiger charge is -2.32. The third-order valence-electron chi connectivity index (χ3n) is 9.43. The number of aromatic nitrogens is 1. The zero-order valence-corrected chi connectivity index (χ0v) is 22.2. The van der Waals surface area contributed by atoms with Gasteiger partial charge in [0, 0.05) is 33.7 Å². The first-order valence-corrected chi connectivity index (χ1v) is 15.0. The molecule has 0 radical (unpaired) electrons. The van der Waals surface area contributed by atoms with Gasteiger partial charge in [0.25, 0.3) is 0 Å². The van der Waals surface area contributed by atoms with E-state index in [1.807, 2.05) is 0 Å². The van der Waals surface area contributed by atoms with Crippen molar-refractivity contribution in [2.24, 2.45) is 17.6 Å². The molecule has 1 unspecified atom stereocenters. The Kier molecular flexibility index (Phi) is 8.18. The first kappa shape index (κ1) is 23.9. The van der Waals surface area contributed by atoms with Crippen LogP contribution in [0.1, 0.15) is 127 Å². The summed E-state index contributed by atoms with van der Waals surface area (Å²) in [6.45, 7) is 0. The van der Waals surface area contributed by atoms with Crippen LogP contribution >= 0.6 is 15.9 Å². The molecule has 3 aliphatic carbocycles. The number of nitrogens with zero attached hydrogens (tertiary/aromatic N) is 1. The van der Waals surface area contributed by atoms with Crippen molar-refractivity contribution in [1.82, 2.24) is 4.57 Å². The van der Waals surface area contributed by atoms with Crippen LogP contribution in [0.25, 0.3) is 10.9 Å². The van der Waals surface area contributed by atoms with E-state index < -0.39 is 0 Å². The molecule has 3 heteroatoms. The van der Waals surface area contributed by atoms with Crippen molar-refractivity contribution < 1.29 is 0 Å². The van der Waals surface area contributed by atoms with E-state index in [1.165, 1.54) is 125 Å². The summed E-state index contributed by atoms with van der Waals surface area (Å²) in [5, 5.41) is 1.54. The van der Waals surface area contributed by atoms with Gasteiger partial charge in [-0.15, -0.1) is 0 Å². The topological polar surface area (TPSA) is 30.9 Å². The second kappa shape index (κ2) is 11.3. The molecule has 0 saturated heterocycles. The van der Waals surface area contributed by atoms with Gasteiger partial charge in [-0.2, -0.15) is 0 Å². The zero-order chi connectivity index (χ0) is 22.6. The highest BCUT2D eigenvalue weighted by Crippen LogP contribution is 2.45. The second-order valence-electron chi connectivity index (χ2n) is 11.7. The Morgan fingerprint density at radius 3 is 2.30 bits per heavy atom. The summed E-state index contributed by atoms with van der Waals surface area (Å²) in [6, 6.07) is 8.26. The largest absolute Gasteiger partial charge is 0.344 e. The normalized spacial score (nSPS) is 26.6. The molecule has 0 amide bonds. The molecule has 5 rings (SSSR count). The summed E-state index contributed by atoms with van der Waals surface area (Å²) >= 11 is 3.81. The molecule has 1 aromatic heterocycles. The van der Waals surface area contributed by atoms with Crippen LogP contribution in [0.5, 0.6) is 0 Å². The summed E-state index contributed by atoms with van der Waals surface area (Å²) in [5.74, 6) is 2.54. The van der Waals surface area contributed by atoms with Crippen LogP contribution in [0.3, 0.4) is 0 Å². The van der Waals surface area contributed by atoms with Gasteiger partial charge in [0.1, 0.15) is 0 Å².